The molecule has 1 heterocycles. The van der Waals surface area contributed by atoms with Crippen molar-refractivity contribution in [3.63, 3.8) is 0 Å². The molecule has 30 heavy (non-hydrogen) atoms. The van der Waals surface area contributed by atoms with Crippen LogP contribution in [-0.2, 0) is 20.9 Å². The molecule has 0 fully saturated rings. The number of ether oxygens (including phenoxy) is 2. The Morgan fingerprint density at radius 1 is 1.00 bits per heavy atom. The van der Waals surface area contributed by atoms with E-state index in [0.717, 1.165) is 4.90 Å². The number of pyridine rings is 1. The minimum atomic E-state index is -0.902. The number of nitrogens with one attached hydrogen (secondary N) is 1. The summed E-state index contributed by atoms with van der Waals surface area (Å²) in [6.45, 7) is 2.53. The SMILES string of the molecule is COCc1cccc2[nH]c(=O)c(C(=O)N(C(C)=O)c3ccccc3)c(OC(C)=O)c12. The second-order valence-electron chi connectivity index (χ2n) is 6.52. The van der Waals surface area contributed by atoms with E-state index in [2.05, 4.69) is 4.98 Å². The van der Waals surface area contributed by atoms with Crippen molar-refractivity contribution in [1.29, 1.82) is 0 Å². The first-order chi connectivity index (χ1) is 14.3. The van der Waals surface area contributed by atoms with Gasteiger partial charge in [0.15, 0.2) is 5.75 Å². The summed E-state index contributed by atoms with van der Waals surface area (Å²) in [6.07, 6.45) is 0. The molecule has 0 spiro atoms. The van der Waals surface area contributed by atoms with Gasteiger partial charge in [0.1, 0.15) is 5.56 Å². The molecule has 0 unspecified atom stereocenters. The first-order valence-electron chi connectivity index (χ1n) is 9.10. The van der Waals surface area contributed by atoms with Crippen LogP contribution in [0.1, 0.15) is 29.8 Å². The summed E-state index contributed by atoms with van der Waals surface area (Å²) >= 11 is 0. The lowest BCUT2D eigenvalue weighted by Gasteiger charge is -2.21. The van der Waals surface area contributed by atoms with E-state index in [1.807, 2.05) is 0 Å². The number of anilines is 1. The molecule has 8 nitrogen and oxygen atoms in total. The van der Waals surface area contributed by atoms with Crippen molar-refractivity contribution in [3.8, 4) is 5.75 Å². The summed E-state index contributed by atoms with van der Waals surface area (Å²) in [5.41, 5.74) is 0.0383. The predicted octanol–water partition coefficient (Wildman–Crippen LogP) is 2.79. The molecule has 0 saturated carbocycles. The first-order valence-corrected chi connectivity index (χ1v) is 9.10. The number of hydrogen-bond acceptors (Lipinski definition) is 6. The van der Waals surface area contributed by atoms with Gasteiger partial charge in [-0.3, -0.25) is 19.2 Å². The number of carbonyl (C=O) groups is 3. The molecule has 0 bridgehead atoms. The van der Waals surface area contributed by atoms with Crippen molar-refractivity contribution in [3.05, 3.63) is 70.0 Å². The fourth-order valence-corrected chi connectivity index (χ4v) is 3.23. The van der Waals surface area contributed by atoms with Gasteiger partial charge in [0, 0.05) is 26.3 Å². The number of amides is 2. The first kappa shape index (κ1) is 20.9. The second-order valence-corrected chi connectivity index (χ2v) is 6.52. The van der Waals surface area contributed by atoms with Crippen LogP contribution in [0.3, 0.4) is 0 Å². The highest BCUT2D eigenvalue weighted by Gasteiger charge is 2.30. The zero-order valence-corrected chi connectivity index (χ0v) is 16.7. The number of esters is 1. The number of para-hydroxylation sites is 1. The van der Waals surface area contributed by atoms with Crippen LogP contribution in [-0.4, -0.2) is 29.9 Å². The Morgan fingerprint density at radius 2 is 1.70 bits per heavy atom. The molecule has 3 rings (SSSR count). The summed E-state index contributed by atoms with van der Waals surface area (Å²) in [5.74, 6) is -2.41. The normalized spacial score (nSPS) is 10.6. The zero-order valence-electron chi connectivity index (χ0n) is 16.7. The molecule has 2 aromatic carbocycles. The van der Waals surface area contributed by atoms with Gasteiger partial charge in [-0.05, 0) is 23.8 Å². The van der Waals surface area contributed by atoms with E-state index in [4.69, 9.17) is 9.47 Å². The molecule has 2 amide bonds. The third kappa shape index (κ3) is 3.99. The summed E-state index contributed by atoms with van der Waals surface area (Å²) in [4.78, 5) is 53.9. The lowest BCUT2D eigenvalue weighted by atomic mass is 10.0. The number of hydrogen-bond donors (Lipinski definition) is 1. The Hall–Kier alpha value is -3.78. The number of H-pyrrole nitrogens is 1. The number of aromatic nitrogens is 1. The van der Waals surface area contributed by atoms with Crippen LogP contribution in [0.2, 0.25) is 0 Å². The molecule has 0 saturated heterocycles. The van der Waals surface area contributed by atoms with Crippen LogP contribution >= 0.6 is 0 Å². The number of carbonyl (C=O) groups excluding carboxylic acids is 3. The number of rotatable bonds is 5. The van der Waals surface area contributed by atoms with Gasteiger partial charge in [-0.15, -0.1) is 0 Å². The van der Waals surface area contributed by atoms with E-state index >= 15 is 0 Å². The Bertz CT molecular complexity index is 1180. The topological polar surface area (TPSA) is 106 Å². The molecule has 3 aromatic rings. The molecule has 0 radical (unpaired) electrons. The molecule has 0 aliphatic heterocycles. The number of methoxy groups -OCH3 is 1. The number of imide groups is 1. The van der Waals surface area contributed by atoms with Crippen molar-refractivity contribution in [1.82, 2.24) is 4.98 Å². The molecule has 0 atom stereocenters. The van der Waals surface area contributed by atoms with Gasteiger partial charge in [-0.25, -0.2) is 4.90 Å². The van der Waals surface area contributed by atoms with Crippen LogP contribution in [0.25, 0.3) is 10.9 Å². The third-order valence-electron chi connectivity index (χ3n) is 4.37. The van der Waals surface area contributed by atoms with Crippen molar-refractivity contribution in [2.75, 3.05) is 12.0 Å². The Morgan fingerprint density at radius 3 is 2.30 bits per heavy atom. The lowest BCUT2D eigenvalue weighted by molar-refractivity contribution is -0.131. The lowest BCUT2D eigenvalue weighted by Crippen LogP contribution is -2.39. The Kier molecular flexibility index (Phi) is 6.08. The van der Waals surface area contributed by atoms with E-state index in [-0.39, 0.29) is 18.0 Å². The molecule has 154 valence electrons. The van der Waals surface area contributed by atoms with Crippen molar-refractivity contribution in [2.45, 2.75) is 20.5 Å². The number of fused-ring (bicyclic) bond motifs is 1. The van der Waals surface area contributed by atoms with Gasteiger partial charge in [-0.2, -0.15) is 0 Å². The maximum atomic E-state index is 13.4. The van der Waals surface area contributed by atoms with Gasteiger partial charge in [-0.1, -0.05) is 30.3 Å². The summed E-state index contributed by atoms with van der Waals surface area (Å²) in [5, 5.41) is 0.356. The second kappa shape index (κ2) is 8.71. The number of nitrogens with zero attached hydrogens (tertiary/aromatic N) is 1. The summed E-state index contributed by atoms with van der Waals surface area (Å²) in [6, 6.07) is 13.2. The Labute approximate surface area is 172 Å². The van der Waals surface area contributed by atoms with E-state index < -0.39 is 28.9 Å². The molecular weight excluding hydrogens is 388 g/mol. The smallest absolute Gasteiger partial charge is 0.308 e. The van der Waals surface area contributed by atoms with Crippen LogP contribution in [0.5, 0.6) is 5.75 Å². The molecule has 8 heteroatoms. The highest BCUT2D eigenvalue weighted by atomic mass is 16.5. The van der Waals surface area contributed by atoms with Crippen molar-refractivity contribution < 1.29 is 23.9 Å². The predicted molar refractivity (Wildman–Crippen MR) is 111 cm³/mol. The summed E-state index contributed by atoms with van der Waals surface area (Å²) < 4.78 is 10.5. The van der Waals surface area contributed by atoms with Crippen molar-refractivity contribution >= 4 is 34.4 Å². The standard InChI is InChI=1S/C22H20N2O6/c1-13(25)24(16-9-5-4-6-10-16)22(28)19-20(30-14(2)26)18-15(12-29-3)8-7-11-17(18)23-21(19)27/h4-11H,12H2,1-3H3,(H,23,27). The van der Waals surface area contributed by atoms with Gasteiger partial charge < -0.3 is 14.5 Å². The van der Waals surface area contributed by atoms with Crippen LogP contribution in [0.4, 0.5) is 5.69 Å². The van der Waals surface area contributed by atoms with E-state index in [1.54, 1.807) is 48.5 Å². The summed E-state index contributed by atoms with van der Waals surface area (Å²) in [7, 11) is 1.50. The average Bonchev–Trinajstić information content (AvgIpc) is 2.68. The quantitative estimate of drug-likeness (QED) is 0.651. The minimum absolute atomic E-state index is 0.153. The number of aromatic amines is 1. The van der Waals surface area contributed by atoms with Crippen LogP contribution < -0.4 is 15.2 Å². The van der Waals surface area contributed by atoms with E-state index in [0.29, 0.717) is 16.5 Å². The molecular formula is C22H20N2O6. The fraction of sp³-hybridized carbons (Fsp3) is 0.182. The molecule has 0 aliphatic carbocycles. The van der Waals surface area contributed by atoms with E-state index in [9.17, 15) is 19.2 Å². The number of benzene rings is 2. The highest BCUT2D eigenvalue weighted by molar-refractivity contribution is 6.22. The van der Waals surface area contributed by atoms with Crippen molar-refractivity contribution in [2.24, 2.45) is 0 Å². The van der Waals surface area contributed by atoms with Gasteiger partial charge in [0.05, 0.1) is 17.8 Å². The van der Waals surface area contributed by atoms with Gasteiger partial charge >= 0.3 is 5.97 Å². The van der Waals surface area contributed by atoms with Gasteiger partial charge in [0.25, 0.3) is 11.5 Å². The van der Waals surface area contributed by atoms with Crippen LogP contribution in [0.15, 0.2) is 53.3 Å². The third-order valence-corrected chi connectivity index (χ3v) is 4.37. The molecule has 1 aromatic heterocycles. The monoisotopic (exact) mass is 408 g/mol. The Balaban J connectivity index is 2.33. The fourth-order valence-electron chi connectivity index (χ4n) is 3.23. The van der Waals surface area contributed by atoms with E-state index in [1.165, 1.54) is 21.0 Å². The molecule has 0 aliphatic rings. The zero-order chi connectivity index (χ0) is 21.8. The minimum Gasteiger partial charge on any atom is -0.425 e. The largest absolute Gasteiger partial charge is 0.425 e. The van der Waals surface area contributed by atoms with Gasteiger partial charge in [0.2, 0.25) is 5.91 Å². The maximum Gasteiger partial charge on any atom is 0.308 e. The highest BCUT2D eigenvalue weighted by Crippen LogP contribution is 2.32. The maximum absolute atomic E-state index is 13.4. The van der Waals surface area contributed by atoms with Crippen LogP contribution in [0, 0.1) is 0 Å². The average molecular weight is 408 g/mol. The molecule has 1 N–H and O–H groups in total.